The fourth-order valence-electron chi connectivity index (χ4n) is 2.83. The molecule has 4 nitrogen and oxygen atoms in total. The molecule has 0 radical (unpaired) electrons. The van der Waals surface area contributed by atoms with Crippen LogP contribution in [0.15, 0.2) is 30.3 Å². The molecular formula is C14H16ClN3O. The highest BCUT2D eigenvalue weighted by atomic mass is 35.5. The van der Waals surface area contributed by atoms with Gasteiger partial charge >= 0.3 is 0 Å². The fourth-order valence-corrected chi connectivity index (χ4v) is 3.07. The number of ether oxygens (including phenoxy) is 1. The van der Waals surface area contributed by atoms with E-state index in [4.69, 9.17) is 16.3 Å². The van der Waals surface area contributed by atoms with Crippen LogP contribution in [0.1, 0.15) is 25.3 Å². The van der Waals surface area contributed by atoms with Crippen molar-refractivity contribution in [3.63, 3.8) is 0 Å². The van der Waals surface area contributed by atoms with Crippen LogP contribution in [-0.4, -0.2) is 28.0 Å². The van der Waals surface area contributed by atoms with Gasteiger partial charge in [0.1, 0.15) is 0 Å². The molecule has 0 saturated heterocycles. The van der Waals surface area contributed by atoms with Gasteiger partial charge in [0.2, 0.25) is 5.28 Å². The summed E-state index contributed by atoms with van der Waals surface area (Å²) in [6, 6.07) is 10.2. The predicted molar refractivity (Wildman–Crippen MR) is 74.2 cm³/mol. The Morgan fingerprint density at radius 2 is 2.00 bits per heavy atom. The Hall–Kier alpha value is -1.39. The summed E-state index contributed by atoms with van der Waals surface area (Å²) in [6.45, 7) is 0. The molecule has 1 aliphatic rings. The number of rotatable bonds is 3. The molecule has 0 spiro atoms. The molecule has 1 saturated carbocycles. The maximum Gasteiger partial charge on any atom is 0.225 e. The molecule has 0 N–H and O–H groups in total. The third kappa shape index (κ3) is 2.26. The average Bonchev–Trinajstić information content (AvgIpc) is 3.05. The van der Waals surface area contributed by atoms with E-state index in [1.165, 1.54) is 0 Å². The van der Waals surface area contributed by atoms with Gasteiger partial charge in [-0.3, -0.25) is 4.57 Å². The summed E-state index contributed by atoms with van der Waals surface area (Å²) in [5.74, 6) is 0.819. The van der Waals surface area contributed by atoms with E-state index in [1.54, 1.807) is 7.11 Å². The van der Waals surface area contributed by atoms with E-state index < -0.39 is 0 Å². The molecule has 0 aliphatic heterocycles. The van der Waals surface area contributed by atoms with Crippen molar-refractivity contribution >= 4 is 11.6 Å². The van der Waals surface area contributed by atoms with Gasteiger partial charge in [-0.15, -0.1) is 10.2 Å². The zero-order valence-electron chi connectivity index (χ0n) is 10.8. The Bertz CT molecular complexity index is 555. The lowest BCUT2D eigenvalue weighted by Gasteiger charge is -2.21. The second-order valence-electron chi connectivity index (χ2n) is 4.80. The van der Waals surface area contributed by atoms with E-state index in [2.05, 4.69) is 10.2 Å². The molecule has 19 heavy (non-hydrogen) atoms. The molecule has 0 bridgehead atoms. The van der Waals surface area contributed by atoms with E-state index >= 15 is 0 Å². The van der Waals surface area contributed by atoms with E-state index in [0.29, 0.717) is 5.28 Å². The minimum absolute atomic E-state index is 0.191. The van der Waals surface area contributed by atoms with Gasteiger partial charge in [0.25, 0.3) is 0 Å². The van der Waals surface area contributed by atoms with Crippen molar-refractivity contribution in [2.24, 2.45) is 0 Å². The zero-order chi connectivity index (χ0) is 13.2. The Balaban J connectivity index is 2.04. The Morgan fingerprint density at radius 1 is 1.21 bits per heavy atom. The maximum atomic E-state index is 6.23. The monoisotopic (exact) mass is 277 g/mol. The van der Waals surface area contributed by atoms with Crippen molar-refractivity contribution in [1.82, 2.24) is 14.8 Å². The fraction of sp³-hybridized carbons (Fsp3) is 0.429. The van der Waals surface area contributed by atoms with E-state index in [1.807, 2.05) is 34.9 Å². The lowest BCUT2D eigenvalue weighted by atomic mass is 10.1. The van der Waals surface area contributed by atoms with Crippen LogP contribution in [-0.2, 0) is 4.74 Å². The Kier molecular flexibility index (Phi) is 3.53. The van der Waals surface area contributed by atoms with Crippen LogP contribution in [0.4, 0.5) is 0 Å². The molecule has 1 aliphatic carbocycles. The third-order valence-electron chi connectivity index (χ3n) is 3.74. The minimum Gasteiger partial charge on any atom is -0.379 e. The molecule has 2 atom stereocenters. The Labute approximate surface area is 117 Å². The van der Waals surface area contributed by atoms with Gasteiger partial charge in [-0.05, 0) is 30.9 Å². The van der Waals surface area contributed by atoms with Gasteiger partial charge in [-0.1, -0.05) is 30.3 Å². The summed E-state index contributed by atoms with van der Waals surface area (Å²) < 4.78 is 7.57. The summed E-state index contributed by atoms with van der Waals surface area (Å²) >= 11 is 6.23. The van der Waals surface area contributed by atoms with Crippen molar-refractivity contribution in [2.75, 3.05) is 7.11 Å². The van der Waals surface area contributed by atoms with E-state index in [-0.39, 0.29) is 12.1 Å². The summed E-state index contributed by atoms with van der Waals surface area (Å²) in [5.41, 5.74) is 1.03. The van der Waals surface area contributed by atoms with Crippen LogP contribution in [0.25, 0.3) is 11.4 Å². The van der Waals surface area contributed by atoms with Crippen LogP contribution in [0.5, 0.6) is 0 Å². The molecule has 5 heteroatoms. The molecule has 1 aromatic heterocycles. The van der Waals surface area contributed by atoms with Crippen molar-refractivity contribution in [3.8, 4) is 11.4 Å². The van der Waals surface area contributed by atoms with E-state index in [0.717, 1.165) is 30.7 Å². The van der Waals surface area contributed by atoms with Gasteiger partial charge in [-0.2, -0.15) is 0 Å². The number of aromatic nitrogens is 3. The highest BCUT2D eigenvalue weighted by Gasteiger charge is 2.32. The molecule has 1 aromatic carbocycles. The first-order valence-electron chi connectivity index (χ1n) is 6.50. The van der Waals surface area contributed by atoms with Crippen molar-refractivity contribution in [1.29, 1.82) is 0 Å². The molecule has 1 fully saturated rings. The van der Waals surface area contributed by atoms with Crippen LogP contribution >= 0.6 is 11.6 Å². The van der Waals surface area contributed by atoms with Gasteiger partial charge in [0.15, 0.2) is 5.82 Å². The van der Waals surface area contributed by atoms with Crippen LogP contribution in [0.2, 0.25) is 5.28 Å². The van der Waals surface area contributed by atoms with Crippen molar-refractivity contribution in [3.05, 3.63) is 35.6 Å². The minimum atomic E-state index is 0.191. The van der Waals surface area contributed by atoms with Crippen molar-refractivity contribution in [2.45, 2.75) is 31.4 Å². The number of benzene rings is 1. The number of hydrogen-bond acceptors (Lipinski definition) is 3. The number of hydrogen-bond donors (Lipinski definition) is 0. The quantitative estimate of drug-likeness (QED) is 0.864. The predicted octanol–water partition coefficient (Wildman–Crippen LogP) is 3.34. The number of methoxy groups -OCH3 is 1. The molecule has 0 amide bonds. The number of nitrogens with zero attached hydrogens (tertiary/aromatic N) is 3. The van der Waals surface area contributed by atoms with Gasteiger partial charge in [0, 0.05) is 12.7 Å². The summed E-state index contributed by atoms with van der Waals surface area (Å²) in [7, 11) is 1.75. The molecule has 2 unspecified atom stereocenters. The molecular weight excluding hydrogens is 262 g/mol. The van der Waals surface area contributed by atoms with Gasteiger partial charge < -0.3 is 4.74 Å². The first-order chi connectivity index (χ1) is 9.31. The zero-order valence-corrected chi connectivity index (χ0v) is 11.5. The normalized spacial score (nSPS) is 22.8. The maximum absolute atomic E-state index is 6.23. The van der Waals surface area contributed by atoms with Crippen LogP contribution in [0.3, 0.4) is 0 Å². The summed E-state index contributed by atoms with van der Waals surface area (Å²) in [6.07, 6.45) is 3.45. The van der Waals surface area contributed by atoms with Crippen molar-refractivity contribution < 1.29 is 4.74 Å². The topological polar surface area (TPSA) is 39.9 Å². The van der Waals surface area contributed by atoms with Gasteiger partial charge in [0.05, 0.1) is 12.1 Å². The largest absolute Gasteiger partial charge is 0.379 e. The van der Waals surface area contributed by atoms with Crippen LogP contribution < -0.4 is 0 Å². The standard InChI is InChI=1S/C14H16ClN3O/c1-19-12-9-5-8-11(12)18-13(16-17-14(18)15)10-6-3-2-4-7-10/h2-4,6-7,11-12H,5,8-9H2,1H3. The van der Waals surface area contributed by atoms with E-state index in [9.17, 15) is 0 Å². The third-order valence-corrected chi connectivity index (χ3v) is 4.00. The van der Waals surface area contributed by atoms with Crippen LogP contribution in [0, 0.1) is 0 Å². The molecule has 2 aromatic rings. The second-order valence-corrected chi connectivity index (χ2v) is 5.14. The highest BCUT2D eigenvalue weighted by molar-refractivity contribution is 6.28. The molecule has 100 valence electrons. The lowest BCUT2D eigenvalue weighted by molar-refractivity contribution is 0.0754. The molecule has 1 heterocycles. The van der Waals surface area contributed by atoms with Gasteiger partial charge in [-0.25, -0.2) is 0 Å². The Morgan fingerprint density at radius 3 is 2.74 bits per heavy atom. The second kappa shape index (κ2) is 5.31. The lowest BCUT2D eigenvalue weighted by Crippen LogP contribution is -2.21. The summed E-state index contributed by atoms with van der Waals surface area (Å²) in [5, 5.41) is 8.69. The first kappa shape index (κ1) is 12.6. The highest BCUT2D eigenvalue weighted by Crippen LogP contribution is 2.36. The number of halogens is 1. The SMILES string of the molecule is COC1CCCC1n1c(Cl)nnc1-c1ccccc1. The first-order valence-corrected chi connectivity index (χ1v) is 6.87. The average molecular weight is 278 g/mol. The molecule has 3 rings (SSSR count). The smallest absolute Gasteiger partial charge is 0.225 e. The summed E-state index contributed by atoms with van der Waals surface area (Å²) in [4.78, 5) is 0.